The lowest BCUT2D eigenvalue weighted by molar-refractivity contribution is 0.102. The normalized spacial score (nSPS) is 15.2. The number of aryl methyl sites for hydroxylation is 1. The van der Waals surface area contributed by atoms with Crippen molar-refractivity contribution in [3.05, 3.63) is 46.7 Å². The predicted octanol–water partition coefficient (Wildman–Crippen LogP) is 4.19. The summed E-state index contributed by atoms with van der Waals surface area (Å²) in [6.07, 6.45) is 7.68. The van der Waals surface area contributed by atoms with Gasteiger partial charge < -0.3 is 9.88 Å². The highest BCUT2D eigenvalue weighted by Crippen LogP contribution is 2.31. The molecule has 3 rings (SSSR count). The number of benzene rings is 1. The van der Waals surface area contributed by atoms with Crippen LogP contribution in [-0.4, -0.2) is 25.1 Å². The Morgan fingerprint density at radius 2 is 1.81 bits per heavy atom. The van der Waals surface area contributed by atoms with Gasteiger partial charge in [-0.25, -0.2) is 8.42 Å². The number of carbonyl (C=O) groups is 1. The van der Waals surface area contributed by atoms with E-state index in [1.54, 1.807) is 6.07 Å². The molecule has 0 bridgehead atoms. The molecule has 8 heteroatoms. The number of anilines is 2. The van der Waals surface area contributed by atoms with Crippen molar-refractivity contribution in [2.24, 2.45) is 0 Å². The minimum Gasteiger partial charge on any atom is -0.348 e. The predicted molar refractivity (Wildman–Crippen MR) is 105 cm³/mol. The van der Waals surface area contributed by atoms with Gasteiger partial charge in [-0.15, -0.1) is 0 Å². The molecular formula is C18H22ClN3O3S. The Bertz CT molecular complexity index is 931. The van der Waals surface area contributed by atoms with Crippen LogP contribution in [0.2, 0.25) is 5.02 Å². The minimum absolute atomic E-state index is 0.252. The summed E-state index contributed by atoms with van der Waals surface area (Å²) in [4.78, 5) is 12.6. The maximum Gasteiger partial charge on any atom is 0.257 e. The van der Waals surface area contributed by atoms with Crippen molar-refractivity contribution in [2.45, 2.75) is 38.6 Å². The molecule has 1 aromatic heterocycles. The van der Waals surface area contributed by atoms with E-state index in [-0.39, 0.29) is 5.91 Å². The summed E-state index contributed by atoms with van der Waals surface area (Å²) >= 11 is 6.03. The van der Waals surface area contributed by atoms with Gasteiger partial charge in [-0.05, 0) is 44.0 Å². The highest BCUT2D eigenvalue weighted by Gasteiger charge is 2.20. The highest BCUT2D eigenvalue weighted by molar-refractivity contribution is 7.92. The third-order valence-electron chi connectivity index (χ3n) is 4.49. The summed E-state index contributed by atoms with van der Waals surface area (Å²) in [5.74, 6) is -0.252. The van der Waals surface area contributed by atoms with Crippen molar-refractivity contribution in [2.75, 3.05) is 16.3 Å². The Hall–Kier alpha value is -1.99. The van der Waals surface area contributed by atoms with E-state index in [4.69, 9.17) is 11.6 Å². The Balaban J connectivity index is 1.78. The molecule has 140 valence electrons. The first kappa shape index (κ1) is 18.8. The van der Waals surface area contributed by atoms with Crippen LogP contribution in [0.1, 0.15) is 47.8 Å². The van der Waals surface area contributed by atoms with Crippen LogP contribution >= 0.6 is 11.6 Å². The van der Waals surface area contributed by atoms with Crippen LogP contribution in [0.25, 0.3) is 0 Å². The molecule has 2 aromatic rings. The van der Waals surface area contributed by atoms with Gasteiger partial charge in [0, 0.05) is 28.6 Å². The van der Waals surface area contributed by atoms with Gasteiger partial charge in [0.05, 0.1) is 17.5 Å². The topological polar surface area (TPSA) is 80.2 Å². The van der Waals surface area contributed by atoms with Gasteiger partial charge in [0.1, 0.15) is 0 Å². The Labute approximate surface area is 158 Å². The van der Waals surface area contributed by atoms with Gasteiger partial charge >= 0.3 is 0 Å². The molecular weight excluding hydrogens is 374 g/mol. The molecule has 1 aliphatic rings. The van der Waals surface area contributed by atoms with E-state index in [1.165, 1.54) is 25.0 Å². The summed E-state index contributed by atoms with van der Waals surface area (Å²) in [6.45, 7) is 2.00. The number of aromatic nitrogens is 1. The van der Waals surface area contributed by atoms with Crippen LogP contribution in [-0.2, 0) is 10.0 Å². The third kappa shape index (κ3) is 4.59. The zero-order chi connectivity index (χ0) is 18.9. The molecule has 1 heterocycles. The lowest BCUT2D eigenvalue weighted by Crippen LogP contribution is -2.13. The maximum absolute atomic E-state index is 12.6. The number of carbonyl (C=O) groups excluding carboxylic acids is 1. The van der Waals surface area contributed by atoms with Crippen LogP contribution < -0.4 is 10.0 Å². The van der Waals surface area contributed by atoms with Gasteiger partial charge in [0.25, 0.3) is 5.91 Å². The van der Waals surface area contributed by atoms with Crippen LogP contribution in [0.3, 0.4) is 0 Å². The number of sulfonamides is 1. The highest BCUT2D eigenvalue weighted by atomic mass is 35.5. The van der Waals surface area contributed by atoms with Crippen LogP contribution in [0.15, 0.2) is 30.5 Å². The van der Waals surface area contributed by atoms with Gasteiger partial charge in [-0.3, -0.25) is 9.52 Å². The number of nitrogens with zero attached hydrogens (tertiary/aromatic N) is 1. The zero-order valence-corrected chi connectivity index (χ0v) is 16.3. The molecule has 1 aromatic carbocycles. The first-order chi connectivity index (χ1) is 12.2. The summed E-state index contributed by atoms with van der Waals surface area (Å²) in [7, 11) is -3.43. The van der Waals surface area contributed by atoms with Gasteiger partial charge in [-0.1, -0.05) is 24.4 Å². The first-order valence-corrected chi connectivity index (χ1v) is 10.8. The number of hydrogen-bond donors (Lipinski definition) is 2. The van der Waals surface area contributed by atoms with Crippen LogP contribution in [0, 0.1) is 6.92 Å². The summed E-state index contributed by atoms with van der Waals surface area (Å²) in [5.41, 5.74) is 2.37. The molecule has 1 fully saturated rings. The fraction of sp³-hybridized carbons (Fsp3) is 0.389. The molecule has 26 heavy (non-hydrogen) atoms. The standard InChI is InChI=1S/C18H22ClN3O3S/c1-12-7-13(11-22(12)17-5-3-4-6-17)18(23)20-15-8-14(19)9-16(10-15)21-26(2,24)25/h7-11,17,21H,3-6H2,1-2H3,(H,20,23). The average Bonchev–Trinajstić information content (AvgIpc) is 3.13. The quantitative estimate of drug-likeness (QED) is 0.796. The molecule has 0 radical (unpaired) electrons. The van der Waals surface area contributed by atoms with Crippen molar-refractivity contribution in [1.29, 1.82) is 0 Å². The average molecular weight is 396 g/mol. The van der Waals surface area contributed by atoms with Gasteiger partial charge in [-0.2, -0.15) is 0 Å². The lowest BCUT2D eigenvalue weighted by atomic mass is 10.2. The van der Waals surface area contributed by atoms with Gasteiger partial charge in [0.2, 0.25) is 10.0 Å². The second-order valence-corrected chi connectivity index (χ2v) is 8.96. The maximum atomic E-state index is 12.6. The Morgan fingerprint density at radius 3 is 2.46 bits per heavy atom. The van der Waals surface area contributed by atoms with E-state index >= 15 is 0 Å². The second-order valence-electron chi connectivity index (χ2n) is 6.77. The molecule has 0 unspecified atom stereocenters. The fourth-order valence-electron chi connectivity index (χ4n) is 3.43. The van der Waals surface area contributed by atoms with Gasteiger partial charge in [0.15, 0.2) is 0 Å². The van der Waals surface area contributed by atoms with Crippen LogP contribution in [0.5, 0.6) is 0 Å². The molecule has 1 saturated carbocycles. The number of rotatable bonds is 5. The summed E-state index contributed by atoms with van der Waals surface area (Å²) in [6, 6.07) is 6.93. The molecule has 1 amide bonds. The van der Waals surface area contributed by atoms with E-state index in [0.29, 0.717) is 28.0 Å². The smallest absolute Gasteiger partial charge is 0.257 e. The Kier molecular flexibility index (Phi) is 5.29. The zero-order valence-electron chi connectivity index (χ0n) is 14.8. The monoisotopic (exact) mass is 395 g/mol. The molecule has 1 aliphatic carbocycles. The van der Waals surface area contributed by atoms with E-state index in [2.05, 4.69) is 14.6 Å². The number of nitrogens with one attached hydrogen (secondary N) is 2. The second kappa shape index (κ2) is 7.32. The minimum atomic E-state index is -3.43. The molecule has 6 nitrogen and oxygen atoms in total. The van der Waals surface area contributed by atoms with Crippen molar-refractivity contribution >= 4 is 38.9 Å². The molecule has 0 spiro atoms. The van der Waals surface area contributed by atoms with E-state index in [0.717, 1.165) is 24.8 Å². The van der Waals surface area contributed by atoms with Crippen molar-refractivity contribution in [1.82, 2.24) is 4.57 Å². The number of hydrogen-bond acceptors (Lipinski definition) is 3. The third-order valence-corrected chi connectivity index (χ3v) is 5.31. The SMILES string of the molecule is Cc1cc(C(=O)Nc2cc(Cl)cc(NS(C)(=O)=O)c2)cn1C1CCCC1. The van der Waals surface area contributed by atoms with Crippen molar-refractivity contribution in [3.63, 3.8) is 0 Å². The largest absolute Gasteiger partial charge is 0.348 e. The molecule has 0 saturated heterocycles. The lowest BCUT2D eigenvalue weighted by Gasteiger charge is -2.13. The number of amides is 1. The van der Waals surface area contributed by atoms with Crippen molar-refractivity contribution < 1.29 is 13.2 Å². The Morgan fingerprint density at radius 1 is 1.15 bits per heavy atom. The molecule has 0 atom stereocenters. The first-order valence-electron chi connectivity index (χ1n) is 8.49. The molecule has 2 N–H and O–H groups in total. The van der Waals surface area contributed by atoms with Crippen molar-refractivity contribution in [3.8, 4) is 0 Å². The summed E-state index contributed by atoms with van der Waals surface area (Å²) in [5, 5.41) is 3.11. The number of halogens is 1. The van der Waals surface area contributed by atoms with E-state index in [9.17, 15) is 13.2 Å². The fourth-order valence-corrected chi connectivity index (χ4v) is 4.21. The molecule has 0 aliphatic heterocycles. The van der Waals surface area contributed by atoms with Crippen LogP contribution in [0.4, 0.5) is 11.4 Å². The summed E-state index contributed by atoms with van der Waals surface area (Å²) < 4.78 is 27.3. The van der Waals surface area contributed by atoms with E-state index < -0.39 is 10.0 Å². The van der Waals surface area contributed by atoms with E-state index in [1.807, 2.05) is 19.2 Å².